The van der Waals surface area contributed by atoms with Gasteiger partial charge in [-0.05, 0) is 44.4 Å². The number of rotatable bonds is 4. The Morgan fingerprint density at radius 3 is 2.50 bits per heavy atom. The van der Waals surface area contributed by atoms with Crippen molar-refractivity contribution in [2.24, 2.45) is 4.76 Å². The number of alkyl halides is 1. The van der Waals surface area contributed by atoms with Crippen LogP contribution in [-0.4, -0.2) is 10.1 Å². The van der Waals surface area contributed by atoms with Crippen LogP contribution in [0.4, 0.5) is 4.39 Å². The van der Waals surface area contributed by atoms with Crippen LogP contribution in [0.3, 0.4) is 0 Å². The summed E-state index contributed by atoms with van der Waals surface area (Å²) >= 11 is 2.34. The molecule has 0 fully saturated rings. The number of hydrogen-bond acceptors (Lipinski definition) is 1. The van der Waals surface area contributed by atoms with E-state index in [1.54, 1.807) is 12.1 Å². The summed E-state index contributed by atoms with van der Waals surface area (Å²) in [7, 11) is 2.37. The summed E-state index contributed by atoms with van der Waals surface area (Å²) < 4.78 is 17.9. The van der Waals surface area contributed by atoms with Gasteiger partial charge in [0.2, 0.25) is 0 Å². The normalized spacial score (nSPS) is 11.8. The third-order valence-corrected chi connectivity index (χ3v) is 2.95. The van der Waals surface area contributed by atoms with Crippen LogP contribution < -0.4 is 0 Å². The fraction of sp³-hybridized carbons (Fsp3) is 0.300. The molecule has 0 saturated carbocycles. The SMILES string of the molecule is Fc1ccc(C(CCCI)=NP)cc1. The first-order chi connectivity index (χ1) is 6.77. The number of hydrogen-bond donors (Lipinski definition) is 0. The molecule has 0 radical (unpaired) electrons. The second kappa shape index (κ2) is 6.46. The van der Waals surface area contributed by atoms with Gasteiger partial charge >= 0.3 is 0 Å². The van der Waals surface area contributed by atoms with Crippen molar-refractivity contribution >= 4 is 37.7 Å². The minimum absolute atomic E-state index is 0.203. The summed E-state index contributed by atoms with van der Waals surface area (Å²) in [5.41, 5.74) is 2.03. The van der Waals surface area contributed by atoms with Gasteiger partial charge in [0.15, 0.2) is 0 Å². The topological polar surface area (TPSA) is 12.4 Å². The Morgan fingerprint density at radius 1 is 1.36 bits per heavy atom. The molecule has 1 nitrogen and oxygen atoms in total. The fourth-order valence-electron chi connectivity index (χ4n) is 1.16. The third-order valence-electron chi connectivity index (χ3n) is 1.88. The molecule has 1 rings (SSSR count). The summed E-state index contributed by atoms with van der Waals surface area (Å²) in [6.07, 6.45) is 2.04. The third kappa shape index (κ3) is 3.62. The van der Waals surface area contributed by atoms with Crippen LogP contribution in [0.2, 0.25) is 0 Å². The standard InChI is InChI=1S/C10H12FINP/c11-9-5-3-8(4-6-9)10(13-14)2-1-7-12/h3-6H,1-2,7,14H2. The van der Waals surface area contributed by atoms with Gasteiger partial charge in [0.25, 0.3) is 0 Å². The predicted molar refractivity (Wildman–Crippen MR) is 70.8 cm³/mol. The van der Waals surface area contributed by atoms with Gasteiger partial charge in [0.05, 0.1) is 0 Å². The van der Waals surface area contributed by atoms with E-state index in [4.69, 9.17) is 0 Å². The van der Waals surface area contributed by atoms with Crippen molar-refractivity contribution in [3.05, 3.63) is 35.6 Å². The average Bonchev–Trinajstić information content (AvgIpc) is 2.21. The van der Waals surface area contributed by atoms with Gasteiger partial charge < -0.3 is 0 Å². The molecular formula is C10H12FINP. The summed E-state index contributed by atoms with van der Waals surface area (Å²) in [4.78, 5) is 0. The summed E-state index contributed by atoms with van der Waals surface area (Å²) in [5, 5.41) is 0. The Kier molecular flexibility index (Phi) is 5.56. The second-order valence-electron chi connectivity index (χ2n) is 2.88. The first-order valence-corrected chi connectivity index (χ1v) is 6.40. The Bertz CT molecular complexity index is 310. The van der Waals surface area contributed by atoms with E-state index in [0.717, 1.165) is 28.5 Å². The molecule has 1 unspecified atom stereocenters. The van der Waals surface area contributed by atoms with Crippen molar-refractivity contribution in [1.82, 2.24) is 0 Å². The molecule has 0 saturated heterocycles. The van der Waals surface area contributed by atoms with Gasteiger partial charge in [-0.25, -0.2) is 4.39 Å². The molecular weight excluding hydrogens is 311 g/mol. The number of benzene rings is 1. The van der Waals surface area contributed by atoms with Crippen LogP contribution in [0.25, 0.3) is 0 Å². The molecule has 1 atom stereocenters. The summed E-state index contributed by atoms with van der Waals surface area (Å²) in [6, 6.07) is 6.47. The maximum atomic E-state index is 12.7. The van der Waals surface area contributed by atoms with Gasteiger partial charge in [0, 0.05) is 5.71 Å². The van der Waals surface area contributed by atoms with Crippen LogP contribution in [0.1, 0.15) is 18.4 Å². The van der Waals surface area contributed by atoms with Crippen molar-refractivity contribution < 1.29 is 4.39 Å². The van der Waals surface area contributed by atoms with Crippen molar-refractivity contribution in [2.75, 3.05) is 4.43 Å². The van der Waals surface area contributed by atoms with E-state index in [9.17, 15) is 4.39 Å². The van der Waals surface area contributed by atoms with Crippen molar-refractivity contribution in [1.29, 1.82) is 0 Å². The van der Waals surface area contributed by atoms with Crippen molar-refractivity contribution in [3.63, 3.8) is 0 Å². The average molecular weight is 323 g/mol. The van der Waals surface area contributed by atoms with Gasteiger partial charge in [0.1, 0.15) is 5.82 Å². The minimum atomic E-state index is -0.203. The molecule has 0 aliphatic carbocycles. The van der Waals surface area contributed by atoms with E-state index < -0.39 is 0 Å². The highest BCUT2D eigenvalue weighted by atomic mass is 127. The van der Waals surface area contributed by atoms with Crippen LogP contribution >= 0.6 is 32.0 Å². The number of nitrogens with zero attached hydrogens (tertiary/aromatic N) is 1. The molecule has 0 aliphatic heterocycles. The number of halogens is 2. The highest BCUT2D eigenvalue weighted by molar-refractivity contribution is 14.1. The quantitative estimate of drug-likeness (QED) is 0.347. The second-order valence-corrected chi connectivity index (χ2v) is 4.21. The smallest absolute Gasteiger partial charge is 0.123 e. The molecule has 1 aromatic carbocycles. The van der Waals surface area contributed by atoms with Gasteiger partial charge in [-0.1, -0.05) is 34.7 Å². The van der Waals surface area contributed by atoms with Crippen molar-refractivity contribution in [3.8, 4) is 0 Å². The van der Waals surface area contributed by atoms with Crippen molar-refractivity contribution in [2.45, 2.75) is 12.8 Å². The lowest BCUT2D eigenvalue weighted by molar-refractivity contribution is 0.627. The monoisotopic (exact) mass is 323 g/mol. The van der Waals surface area contributed by atoms with Crippen LogP contribution in [0, 0.1) is 5.82 Å². The summed E-state index contributed by atoms with van der Waals surface area (Å²) in [6.45, 7) is 0. The summed E-state index contributed by atoms with van der Waals surface area (Å²) in [5.74, 6) is -0.203. The first kappa shape index (κ1) is 12.1. The van der Waals surface area contributed by atoms with E-state index in [1.807, 2.05) is 0 Å². The minimum Gasteiger partial charge on any atom is -0.272 e. The van der Waals surface area contributed by atoms with E-state index in [0.29, 0.717) is 0 Å². The largest absolute Gasteiger partial charge is 0.272 e. The van der Waals surface area contributed by atoms with Crippen LogP contribution in [0.15, 0.2) is 29.0 Å². The molecule has 0 heterocycles. The molecule has 0 aliphatic rings. The molecule has 76 valence electrons. The fourth-order valence-corrected chi connectivity index (χ4v) is 1.82. The van der Waals surface area contributed by atoms with Crippen LogP contribution in [0.5, 0.6) is 0 Å². The predicted octanol–water partition coefficient (Wildman–Crippen LogP) is 3.62. The van der Waals surface area contributed by atoms with E-state index in [1.165, 1.54) is 12.1 Å². The highest BCUT2D eigenvalue weighted by Gasteiger charge is 2.02. The lowest BCUT2D eigenvalue weighted by atomic mass is 10.1. The molecule has 0 spiro atoms. The van der Waals surface area contributed by atoms with Gasteiger partial charge in [-0.2, -0.15) is 0 Å². The van der Waals surface area contributed by atoms with Gasteiger partial charge in [-0.15, -0.1) is 0 Å². The maximum absolute atomic E-state index is 12.7. The molecule has 0 amide bonds. The maximum Gasteiger partial charge on any atom is 0.123 e. The molecule has 14 heavy (non-hydrogen) atoms. The molecule has 0 bridgehead atoms. The van der Waals surface area contributed by atoms with E-state index >= 15 is 0 Å². The Hall–Kier alpha value is -0.0200. The highest BCUT2D eigenvalue weighted by Crippen LogP contribution is 2.11. The first-order valence-electron chi connectivity index (χ1n) is 4.36. The Balaban J connectivity index is 2.75. The molecule has 0 aromatic heterocycles. The zero-order chi connectivity index (χ0) is 10.4. The van der Waals surface area contributed by atoms with Gasteiger partial charge in [-0.3, -0.25) is 4.76 Å². The zero-order valence-corrected chi connectivity index (χ0v) is 11.0. The van der Waals surface area contributed by atoms with Crippen LogP contribution in [-0.2, 0) is 0 Å². The Labute approximate surface area is 99.6 Å². The lowest BCUT2D eigenvalue weighted by Gasteiger charge is -2.04. The zero-order valence-electron chi connectivity index (χ0n) is 7.71. The lowest BCUT2D eigenvalue weighted by Crippen LogP contribution is -2.00. The molecule has 1 aromatic rings. The molecule has 4 heteroatoms. The van der Waals surface area contributed by atoms with E-state index in [2.05, 4.69) is 36.7 Å². The van der Waals surface area contributed by atoms with E-state index in [-0.39, 0.29) is 5.82 Å². The molecule has 0 N–H and O–H groups in total. The Morgan fingerprint density at radius 2 is 2.00 bits per heavy atom.